The molecule has 6 N–H and O–H groups in total. The molecule has 2 aromatic rings. The highest BCUT2D eigenvalue weighted by Gasteiger charge is 2.39. The molecule has 17 heteroatoms. The smallest absolute Gasteiger partial charge is 0.321 e. The van der Waals surface area contributed by atoms with Gasteiger partial charge in [-0.1, -0.05) is 0 Å². The average molecular weight is 625 g/mol. The molecule has 0 saturated heterocycles. The summed E-state index contributed by atoms with van der Waals surface area (Å²) in [6.07, 6.45) is 1.49. The lowest BCUT2D eigenvalue weighted by Crippen LogP contribution is -2.52. The van der Waals surface area contributed by atoms with Crippen molar-refractivity contribution in [1.82, 2.24) is 30.6 Å². The van der Waals surface area contributed by atoms with Gasteiger partial charge in [0, 0.05) is 36.6 Å². The minimum Gasteiger partial charge on any atom is -0.437 e. The molecule has 2 aromatic heterocycles. The van der Waals surface area contributed by atoms with E-state index in [1.54, 1.807) is 13.8 Å². The van der Waals surface area contributed by atoms with E-state index in [1.807, 2.05) is 0 Å². The van der Waals surface area contributed by atoms with E-state index in [0.29, 0.717) is 24.5 Å². The van der Waals surface area contributed by atoms with Crippen molar-refractivity contribution in [3.8, 4) is 0 Å². The van der Waals surface area contributed by atoms with Crippen LogP contribution in [0, 0.1) is 13.8 Å². The van der Waals surface area contributed by atoms with Crippen LogP contribution in [0.3, 0.4) is 0 Å². The van der Waals surface area contributed by atoms with E-state index >= 15 is 0 Å². The highest BCUT2D eigenvalue weighted by molar-refractivity contribution is 6.87. The van der Waals surface area contributed by atoms with Gasteiger partial charge in [0.1, 0.15) is 0 Å². The zero-order valence-corrected chi connectivity index (χ0v) is 28.2. The molecule has 0 bridgehead atoms. The van der Waals surface area contributed by atoms with Crippen molar-refractivity contribution >= 4 is 49.2 Å². The summed E-state index contributed by atoms with van der Waals surface area (Å²) in [5, 5.41) is 10.7. The molecule has 0 atom stereocenters. The number of nitrogens with one attached hydrogen (secondary N) is 6. The van der Waals surface area contributed by atoms with E-state index in [4.69, 9.17) is 8.23 Å². The molecule has 0 saturated carbocycles. The van der Waals surface area contributed by atoms with Crippen molar-refractivity contribution in [2.24, 2.45) is 0 Å². The van der Waals surface area contributed by atoms with Crippen LogP contribution in [0.2, 0.25) is 51.4 Å². The number of hydrogen-bond donors (Lipinski definition) is 6. The topological polar surface area (TPSA) is 192 Å². The number of urea groups is 2. The van der Waals surface area contributed by atoms with Crippen LogP contribution in [0.4, 0.5) is 21.5 Å². The van der Waals surface area contributed by atoms with Crippen LogP contribution < -0.4 is 32.4 Å². The fourth-order valence-electron chi connectivity index (χ4n) is 4.47. The zero-order chi connectivity index (χ0) is 30.8. The number of anilines is 2. The van der Waals surface area contributed by atoms with E-state index in [1.165, 1.54) is 12.1 Å². The Kier molecular flexibility index (Phi) is 12.2. The summed E-state index contributed by atoms with van der Waals surface area (Å²) in [4.78, 5) is 60.4. The van der Waals surface area contributed by atoms with Gasteiger partial charge < -0.3 is 18.9 Å². The SMILES string of the molecule is Cc1cc(=O)[nH]c(NC(=O)NCCC[Si](C)(C)O[Si](C)(C)O[Si](C)(C)CCCNC(=O)Nc2nc(C)cc(=O)[nH]2)n1. The lowest BCUT2D eigenvalue weighted by Gasteiger charge is -2.38. The van der Waals surface area contributed by atoms with Crippen LogP contribution in [-0.4, -0.2) is 70.3 Å². The Labute approximate surface area is 243 Å². The van der Waals surface area contributed by atoms with Gasteiger partial charge in [0.25, 0.3) is 11.1 Å². The normalized spacial score (nSPS) is 12.1. The Morgan fingerprint density at radius 2 is 1.10 bits per heavy atom. The van der Waals surface area contributed by atoms with E-state index in [2.05, 4.69) is 80.5 Å². The van der Waals surface area contributed by atoms with E-state index in [-0.39, 0.29) is 23.0 Å². The Morgan fingerprint density at radius 1 is 0.732 bits per heavy atom. The van der Waals surface area contributed by atoms with Crippen molar-refractivity contribution in [3.63, 3.8) is 0 Å². The second-order valence-electron chi connectivity index (χ2n) is 11.6. The first-order valence-electron chi connectivity index (χ1n) is 13.6. The number of aryl methyl sites for hydroxylation is 2. The molecule has 2 heterocycles. The Bertz CT molecular complexity index is 1220. The van der Waals surface area contributed by atoms with Crippen LogP contribution in [0.5, 0.6) is 0 Å². The lowest BCUT2D eigenvalue weighted by molar-refractivity contribution is 0.251. The Balaban J connectivity index is 1.70. The molecule has 0 radical (unpaired) electrons. The highest BCUT2D eigenvalue weighted by atomic mass is 28.5. The average Bonchev–Trinajstić information content (AvgIpc) is 2.76. The second kappa shape index (κ2) is 14.7. The predicted octanol–water partition coefficient (Wildman–Crippen LogP) is 3.34. The summed E-state index contributed by atoms with van der Waals surface area (Å²) in [7, 11) is -6.56. The molecule has 228 valence electrons. The number of hydrogen-bond acceptors (Lipinski definition) is 8. The molecule has 14 nitrogen and oxygen atoms in total. The second-order valence-corrected chi connectivity index (χ2v) is 24.0. The number of aromatic nitrogens is 4. The first-order chi connectivity index (χ1) is 18.9. The van der Waals surface area contributed by atoms with Crippen LogP contribution >= 0.6 is 0 Å². The summed E-state index contributed by atoms with van der Waals surface area (Å²) in [5.74, 6) is 0.219. The monoisotopic (exact) mass is 624 g/mol. The molecule has 2 rings (SSSR count). The Morgan fingerprint density at radius 3 is 1.44 bits per heavy atom. The van der Waals surface area contributed by atoms with Crippen molar-refractivity contribution in [1.29, 1.82) is 0 Å². The van der Waals surface area contributed by atoms with Gasteiger partial charge >= 0.3 is 20.6 Å². The molecule has 0 aliphatic heterocycles. The fraction of sp³-hybridized carbons (Fsp3) is 0.583. The quantitative estimate of drug-likeness (QED) is 0.136. The van der Waals surface area contributed by atoms with Crippen molar-refractivity contribution in [2.75, 3.05) is 23.7 Å². The van der Waals surface area contributed by atoms with E-state index < -0.39 is 37.3 Å². The molecule has 0 aliphatic carbocycles. The molecule has 0 spiro atoms. The number of carbonyl (C=O) groups is 2. The predicted molar refractivity (Wildman–Crippen MR) is 167 cm³/mol. The number of H-pyrrole nitrogens is 2. The summed E-state index contributed by atoms with van der Waals surface area (Å²) in [6, 6.07) is 3.52. The van der Waals surface area contributed by atoms with Gasteiger partial charge in [-0.25, -0.2) is 19.6 Å². The third kappa shape index (κ3) is 13.9. The Hall–Kier alpha value is -3.13. The number of rotatable bonds is 14. The summed E-state index contributed by atoms with van der Waals surface area (Å²) in [6.45, 7) is 17.0. The number of aromatic amines is 2. The highest BCUT2D eigenvalue weighted by Crippen LogP contribution is 2.25. The van der Waals surface area contributed by atoms with Crippen LogP contribution in [0.25, 0.3) is 0 Å². The first-order valence-corrected chi connectivity index (χ1v) is 22.6. The van der Waals surface area contributed by atoms with Gasteiger partial charge in [-0.05, 0) is 78.1 Å². The molecule has 41 heavy (non-hydrogen) atoms. The van der Waals surface area contributed by atoms with Crippen LogP contribution in [-0.2, 0) is 8.23 Å². The molecule has 0 aliphatic rings. The maximum atomic E-state index is 12.1. The summed E-state index contributed by atoms with van der Waals surface area (Å²) in [5.41, 5.74) is 0.385. The number of amides is 4. The first kappa shape index (κ1) is 34.1. The van der Waals surface area contributed by atoms with Gasteiger partial charge in [-0.15, -0.1) is 0 Å². The lowest BCUT2D eigenvalue weighted by atomic mass is 10.4. The van der Waals surface area contributed by atoms with Crippen molar-refractivity contribution in [2.45, 2.75) is 78.1 Å². The molecule has 4 amide bonds. The van der Waals surface area contributed by atoms with E-state index in [0.717, 1.165) is 24.9 Å². The third-order valence-corrected chi connectivity index (χ3v) is 17.2. The van der Waals surface area contributed by atoms with Crippen molar-refractivity contribution < 1.29 is 17.8 Å². The largest absolute Gasteiger partial charge is 0.437 e. The summed E-state index contributed by atoms with van der Waals surface area (Å²) < 4.78 is 13.2. The van der Waals surface area contributed by atoms with Gasteiger partial charge in [0.2, 0.25) is 11.9 Å². The van der Waals surface area contributed by atoms with Crippen molar-refractivity contribution in [3.05, 3.63) is 44.2 Å². The minimum absolute atomic E-state index is 0.110. The molecule has 0 aromatic carbocycles. The maximum Gasteiger partial charge on any atom is 0.321 e. The molecular weight excluding hydrogens is 581 g/mol. The van der Waals surface area contributed by atoms with Gasteiger partial charge in [0.05, 0.1) is 0 Å². The van der Waals surface area contributed by atoms with E-state index in [9.17, 15) is 19.2 Å². The van der Waals surface area contributed by atoms with Crippen LogP contribution in [0.15, 0.2) is 21.7 Å². The third-order valence-electron chi connectivity index (χ3n) is 5.73. The fourth-order valence-corrected chi connectivity index (χ4v) is 18.5. The minimum atomic E-state index is -2.42. The molecule has 0 fully saturated rings. The van der Waals surface area contributed by atoms with Crippen LogP contribution in [0.1, 0.15) is 24.2 Å². The maximum absolute atomic E-state index is 12.1. The van der Waals surface area contributed by atoms with Gasteiger partial charge in [0.15, 0.2) is 16.6 Å². The molecular formula is C24H44N8O6Si3. The standard InChI is InChI=1S/C24H44N8O6Si3/c1-17-15-19(33)29-21(27-17)31-23(35)25-11-9-13-39(3,4)37-41(7,8)38-40(5,6)14-10-12-26-24(36)32-22-28-18(2)16-20(34)30-22/h15-16H,9-14H2,1-8H3,(H3,25,27,29,31,33,35)(H3,26,28,30,32,34,36). The van der Waals surface area contributed by atoms with Gasteiger partial charge in [-0.3, -0.25) is 30.2 Å². The van der Waals surface area contributed by atoms with Gasteiger partial charge in [-0.2, -0.15) is 0 Å². The zero-order valence-electron chi connectivity index (χ0n) is 25.2. The number of carbonyl (C=O) groups excluding carboxylic acids is 2. The molecule has 0 unspecified atom stereocenters. The number of nitrogens with zero attached hydrogens (tertiary/aromatic N) is 2. The summed E-state index contributed by atoms with van der Waals surface area (Å²) >= 11 is 0.